The fourth-order valence-electron chi connectivity index (χ4n) is 2.55. The second kappa shape index (κ2) is 9.48. The molecule has 1 unspecified atom stereocenters. The second-order valence-corrected chi connectivity index (χ2v) is 8.17. The Labute approximate surface area is 170 Å². The van der Waals surface area contributed by atoms with Gasteiger partial charge in [-0.3, -0.25) is 9.00 Å². The SMILES string of the molecule is COc1ccc(-c2nc(CS(=O)CC(=O)Nc3ccccc3)cs2)c(OC)c1. The lowest BCUT2D eigenvalue weighted by Crippen LogP contribution is -2.20. The number of anilines is 1. The topological polar surface area (TPSA) is 77.5 Å². The predicted molar refractivity (Wildman–Crippen MR) is 112 cm³/mol. The number of ether oxygens (including phenoxy) is 2. The molecule has 1 N–H and O–H groups in total. The molecule has 8 heteroatoms. The molecule has 0 saturated carbocycles. The van der Waals surface area contributed by atoms with Crippen molar-refractivity contribution < 1.29 is 18.5 Å². The molecule has 146 valence electrons. The van der Waals surface area contributed by atoms with Crippen LogP contribution in [0.1, 0.15) is 5.69 Å². The lowest BCUT2D eigenvalue weighted by Gasteiger charge is -2.08. The van der Waals surface area contributed by atoms with E-state index in [1.54, 1.807) is 32.4 Å². The number of amides is 1. The minimum Gasteiger partial charge on any atom is -0.497 e. The number of carbonyl (C=O) groups excluding carboxylic acids is 1. The third kappa shape index (κ3) is 5.17. The van der Waals surface area contributed by atoms with Gasteiger partial charge >= 0.3 is 0 Å². The molecule has 0 aliphatic rings. The van der Waals surface area contributed by atoms with Crippen molar-refractivity contribution in [2.24, 2.45) is 0 Å². The van der Waals surface area contributed by atoms with Gasteiger partial charge in [0.2, 0.25) is 5.91 Å². The van der Waals surface area contributed by atoms with Crippen molar-refractivity contribution in [3.05, 3.63) is 59.6 Å². The van der Waals surface area contributed by atoms with Crippen LogP contribution >= 0.6 is 11.3 Å². The number of benzene rings is 2. The number of nitrogens with zero attached hydrogens (tertiary/aromatic N) is 1. The highest BCUT2D eigenvalue weighted by atomic mass is 32.2. The molecule has 0 bridgehead atoms. The highest BCUT2D eigenvalue weighted by molar-refractivity contribution is 7.84. The highest BCUT2D eigenvalue weighted by Gasteiger charge is 2.14. The highest BCUT2D eigenvalue weighted by Crippen LogP contribution is 2.35. The summed E-state index contributed by atoms with van der Waals surface area (Å²) in [5, 5.41) is 5.35. The van der Waals surface area contributed by atoms with Gasteiger partial charge < -0.3 is 14.8 Å². The smallest absolute Gasteiger partial charge is 0.237 e. The normalized spacial score (nSPS) is 11.6. The molecule has 6 nitrogen and oxygen atoms in total. The summed E-state index contributed by atoms with van der Waals surface area (Å²) >= 11 is 1.44. The average molecular weight is 417 g/mol. The van der Waals surface area contributed by atoms with Crippen molar-refractivity contribution >= 4 is 33.7 Å². The van der Waals surface area contributed by atoms with Gasteiger partial charge in [0.25, 0.3) is 0 Å². The zero-order chi connectivity index (χ0) is 19.9. The van der Waals surface area contributed by atoms with E-state index in [4.69, 9.17) is 9.47 Å². The fraction of sp³-hybridized carbons (Fsp3) is 0.200. The van der Waals surface area contributed by atoms with E-state index in [-0.39, 0.29) is 17.4 Å². The molecule has 0 spiro atoms. The van der Waals surface area contributed by atoms with Crippen LogP contribution in [0.2, 0.25) is 0 Å². The zero-order valence-electron chi connectivity index (χ0n) is 15.5. The third-order valence-electron chi connectivity index (χ3n) is 3.85. The summed E-state index contributed by atoms with van der Waals surface area (Å²) in [5.74, 6) is 1.22. The van der Waals surface area contributed by atoms with Crippen LogP contribution in [0.5, 0.6) is 11.5 Å². The van der Waals surface area contributed by atoms with E-state index in [0.717, 1.165) is 10.6 Å². The number of hydrogen-bond acceptors (Lipinski definition) is 6. The molecule has 2 aromatic carbocycles. The van der Waals surface area contributed by atoms with Crippen molar-refractivity contribution in [2.75, 3.05) is 25.3 Å². The van der Waals surface area contributed by atoms with Gasteiger partial charge in [0.1, 0.15) is 22.3 Å². The van der Waals surface area contributed by atoms with E-state index in [1.807, 2.05) is 35.7 Å². The fourth-order valence-corrected chi connectivity index (χ4v) is 4.45. The van der Waals surface area contributed by atoms with Gasteiger partial charge in [0.15, 0.2) is 0 Å². The Bertz CT molecular complexity index is 973. The van der Waals surface area contributed by atoms with E-state index in [9.17, 15) is 9.00 Å². The summed E-state index contributed by atoms with van der Waals surface area (Å²) in [6.07, 6.45) is 0. The summed E-state index contributed by atoms with van der Waals surface area (Å²) < 4.78 is 23.0. The Morgan fingerprint density at radius 1 is 1.14 bits per heavy atom. The van der Waals surface area contributed by atoms with Crippen LogP contribution < -0.4 is 14.8 Å². The van der Waals surface area contributed by atoms with Crippen molar-refractivity contribution in [1.82, 2.24) is 4.98 Å². The minimum atomic E-state index is -1.35. The van der Waals surface area contributed by atoms with E-state index in [1.165, 1.54) is 11.3 Å². The Hall–Kier alpha value is -2.71. The molecule has 28 heavy (non-hydrogen) atoms. The molecule has 0 aliphatic heterocycles. The molecular weight excluding hydrogens is 396 g/mol. The summed E-state index contributed by atoms with van der Waals surface area (Å²) in [6, 6.07) is 14.6. The monoisotopic (exact) mass is 416 g/mol. The number of nitrogens with one attached hydrogen (secondary N) is 1. The molecule has 1 atom stereocenters. The lowest BCUT2D eigenvalue weighted by molar-refractivity contribution is -0.113. The van der Waals surface area contributed by atoms with Crippen LogP contribution in [0, 0.1) is 0 Å². The number of hydrogen-bond donors (Lipinski definition) is 1. The maximum atomic E-state index is 12.3. The lowest BCUT2D eigenvalue weighted by atomic mass is 10.2. The van der Waals surface area contributed by atoms with Crippen LogP contribution in [0.15, 0.2) is 53.9 Å². The van der Waals surface area contributed by atoms with E-state index >= 15 is 0 Å². The molecule has 1 aromatic heterocycles. The zero-order valence-corrected chi connectivity index (χ0v) is 17.1. The summed E-state index contributed by atoms with van der Waals surface area (Å²) in [4.78, 5) is 16.6. The predicted octanol–water partition coefficient (Wildman–Crippen LogP) is 3.71. The molecule has 3 rings (SSSR count). The standard InChI is InChI=1S/C20H20N2O4S2/c1-25-16-8-9-17(18(10-16)26-2)20-22-15(11-27-20)12-28(24)13-19(23)21-14-6-4-3-5-7-14/h3-11H,12-13H2,1-2H3,(H,21,23). The first-order valence-electron chi connectivity index (χ1n) is 8.45. The summed E-state index contributed by atoms with van der Waals surface area (Å²) in [6.45, 7) is 0. The maximum absolute atomic E-state index is 12.3. The molecule has 0 radical (unpaired) electrons. The average Bonchev–Trinajstić information content (AvgIpc) is 3.16. The van der Waals surface area contributed by atoms with Crippen LogP contribution in [-0.4, -0.2) is 35.1 Å². The quantitative estimate of drug-likeness (QED) is 0.606. The molecule has 0 aliphatic carbocycles. The molecule has 0 fully saturated rings. The van der Waals surface area contributed by atoms with Gasteiger partial charge in [0.05, 0.1) is 31.2 Å². The van der Waals surface area contributed by atoms with Gasteiger partial charge in [-0.2, -0.15) is 0 Å². The number of rotatable bonds is 8. The first kappa shape index (κ1) is 20.0. The minimum absolute atomic E-state index is 0.0758. The van der Waals surface area contributed by atoms with Gasteiger partial charge in [-0.05, 0) is 24.3 Å². The van der Waals surface area contributed by atoms with E-state index in [0.29, 0.717) is 22.9 Å². The number of methoxy groups -OCH3 is 2. The van der Waals surface area contributed by atoms with Gasteiger partial charge in [-0.15, -0.1) is 11.3 Å². The number of thiazole rings is 1. The number of aromatic nitrogens is 1. The van der Waals surface area contributed by atoms with Crippen molar-refractivity contribution in [3.63, 3.8) is 0 Å². The van der Waals surface area contributed by atoms with Crippen LogP contribution in [0.3, 0.4) is 0 Å². The number of carbonyl (C=O) groups is 1. The summed E-state index contributed by atoms with van der Waals surface area (Å²) in [5.41, 5.74) is 2.21. The molecule has 0 saturated heterocycles. The van der Waals surface area contributed by atoms with E-state index in [2.05, 4.69) is 10.3 Å². The van der Waals surface area contributed by atoms with Crippen molar-refractivity contribution in [1.29, 1.82) is 0 Å². The van der Waals surface area contributed by atoms with E-state index < -0.39 is 10.8 Å². The Morgan fingerprint density at radius 2 is 1.93 bits per heavy atom. The van der Waals surface area contributed by atoms with Crippen LogP contribution in [-0.2, 0) is 21.3 Å². The molecular formula is C20H20N2O4S2. The Balaban J connectivity index is 1.63. The molecule has 3 aromatic rings. The second-order valence-electron chi connectivity index (χ2n) is 5.85. The maximum Gasteiger partial charge on any atom is 0.237 e. The third-order valence-corrected chi connectivity index (χ3v) is 5.98. The Kier molecular flexibility index (Phi) is 6.78. The molecule has 1 heterocycles. The number of para-hydroxylation sites is 1. The van der Waals surface area contributed by atoms with Gasteiger partial charge in [-0.25, -0.2) is 4.98 Å². The summed E-state index contributed by atoms with van der Waals surface area (Å²) in [7, 11) is 1.84. The van der Waals surface area contributed by atoms with Crippen LogP contribution in [0.4, 0.5) is 5.69 Å². The molecule has 1 amide bonds. The first-order chi connectivity index (χ1) is 13.6. The van der Waals surface area contributed by atoms with Crippen molar-refractivity contribution in [3.8, 4) is 22.1 Å². The van der Waals surface area contributed by atoms with Crippen molar-refractivity contribution in [2.45, 2.75) is 5.75 Å². The largest absolute Gasteiger partial charge is 0.497 e. The van der Waals surface area contributed by atoms with Gasteiger partial charge in [-0.1, -0.05) is 18.2 Å². The Morgan fingerprint density at radius 3 is 2.64 bits per heavy atom. The van der Waals surface area contributed by atoms with Gasteiger partial charge in [0, 0.05) is 27.9 Å². The first-order valence-corrected chi connectivity index (χ1v) is 10.8. The van der Waals surface area contributed by atoms with Crippen LogP contribution in [0.25, 0.3) is 10.6 Å².